The number of esters is 1. The van der Waals surface area contributed by atoms with Gasteiger partial charge in [0.15, 0.2) is 0 Å². The monoisotopic (exact) mass is 472 g/mol. The summed E-state index contributed by atoms with van der Waals surface area (Å²) < 4.78 is 6.45. The van der Waals surface area contributed by atoms with E-state index in [0.29, 0.717) is 6.61 Å². The first-order chi connectivity index (χ1) is 8.74. The van der Waals surface area contributed by atoms with Crippen molar-refractivity contribution in [2.45, 2.75) is 29.6 Å². The molecule has 100 valence electrons. The summed E-state index contributed by atoms with van der Waals surface area (Å²) in [6.07, 6.45) is 4.00. The summed E-state index contributed by atoms with van der Waals surface area (Å²) >= 11 is 4.55. The predicted octanol–water partition coefficient (Wildman–Crippen LogP) is 4.18. The second-order valence-corrected chi connectivity index (χ2v) is 6.64. The molecule has 1 aromatic rings. The minimum absolute atomic E-state index is 0.00123. The molecule has 18 heavy (non-hydrogen) atoms. The van der Waals surface area contributed by atoms with Crippen molar-refractivity contribution in [2.75, 3.05) is 11.0 Å². The number of benzene rings is 1. The van der Waals surface area contributed by atoms with Crippen LogP contribution in [0.3, 0.4) is 0 Å². The molecule has 0 amide bonds. The topological polar surface area (TPSA) is 26.3 Å². The van der Waals surface area contributed by atoms with Crippen molar-refractivity contribution in [1.82, 2.24) is 0 Å². The summed E-state index contributed by atoms with van der Waals surface area (Å²) in [4.78, 5) is 11.7. The number of unbranched alkanes of at least 4 members (excludes halogenated alkanes) is 1. The molecule has 4 heteroatoms. The maximum atomic E-state index is 11.7. The normalized spacial score (nSPS) is 12.1. The zero-order chi connectivity index (χ0) is 13.2. The van der Waals surface area contributed by atoms with E-state index in [2.05, 4.69) is 57.3 Å². The summed E-state index contributed by atoms with van der Waals surface area (Å²) in [6.45, 7) is 0.481. The highest BCUT2D eigenvalue weighted by atomic mass is 127. The van der Waals surface area contributed by atoms with Crippen LogP contribution in [0.5, 0.6) is 0 Å². The Morgan fingerprint density at radius 2 is 1.94 bits per heavy atom. The Balaban J connectivity index is 2.16. The van der Waals surface area contributed by atoms with Gasteiger partial charge in [0.05, 0.1) is 6.61 Å². The van der Waals surface area contributed by atoms with Crippen LogP contribution in [0.1, 0.15) is 24.8 Å². The molecule has 2 nitrogen and oxygen atoms in total. The van der Waals surface area contributed by atoms with E-state index in [0.717, 1.165) is 23.7 Å². The van der Waals surface area contributed by atoms with Gasteiger partial charge < -0.3 is 4.74 Å². The molecule has 1 unspecified atom stereocenters. The second kappa shape index (κ2) is 10.00. The highest BCUT2D eigenvalue weighted by Crippen LogP contribution is 2.13. The van der Waals surface area contributed by atoms with Crippen LogP contribution in [0.25, 0.3) is 0 Å². The molecule has 0 spiro atoms. The number of rotatable bonds is 8. The standard InChI is InChI=1S/C14H18I2O2/c15-10-5-4-8-13(16)14(17)18-11-9-12-6-2-1-3-7-12/h1-3,6-7,13H,4-5,8-11H2. The van der Waals surface area contributed by atoms with E-state index in [1.54, 1.807) is 0 Å². The Hall–Kier alpha value is 0.150. The number of hydrogen-bond donors (Lipinski definition) is 0. The maximum absolute atomic E-state index is 11.7. The molecule has 0 saturated heterocycles. The van der Waals surface area contributed by atoms with E-state index < -0.39 is 0 Å². The minimum Gasteiger partial charge on any atom is -0.465 e. The van der Waals surface area contributed by atoms with Gasteiger partial charge in [-0.15, -0.1) is 0 Å². The van der Waals surface area contributed by atoms with Gasteiger partial charge in [-0.05, 0) is 22.8 Å². The highest BCUT2D eigenvalue weighted by Gasteiger charge is 2.15. The molecular formula is C14H18I2O2. The fraction of sp³-hybridized carbons (Fsp3) is 0.500. The number of alkyl halides is 2. The summed E-state index contributed by atoms with van der Waals surface area (Å²) in [5.41, 5.74) is 1.21. The zero-order valence-electron chi connectivity index (χ0n) is 10.3. The van der Waals surface area contributed by atoms with Crippen molar-refractivity contribution in [3.05, 3.63) is 35.9 Å². The largest absolute Gasteiger partial charge is 0.465 e. The van der Waals surface area contributed by atoms with Gasteiger partial charge in [-0.2, -0.15) is 0 Å². The third-order valence-corrected chi connectivity index (χ3v) is 4.47. The highest BCUT2D eigenvalue weighted by molar-refractivity contribution is 14.1. The fourth-order valence-corrected chi connectivity index (χ4v) is 2.70. The molecule has 1 aromatic carbocycles. The predicted molar refractivity (Wildman–Crippen MR) is 91.7 cm³/mol. The second-order valence-electron chi connectivity index (χ2n) is 4.06. The summed E-state index contributed by atoms with van der Waals surface area (Å²) in [5, 5.41) is 0. The lowest BCUT2D eigenvalue weighted by Gasteiger charge is -2.09. The molecule has 0 aliphatic rings. The Bertz CT molecular complexity index is 341. The third-order valence-electron chi connectivity index (χ3n) is 2.57. The Kier molecular flexibility index (Phi) is 9.00. The average molecular weight is 472 g/mol. The Morgan fingerprint density at radius 1 is 1.22 bits per heavy atom. The average Bonchev–Trinajstić information content (AvgIpc) is 2.40. The Labute approximate surface area is 136 Å². The van der Waals surface area contributed by atoms with Crippen molar-refractivity contribution in [1.29, 1.82) is 0 Å². The minimum atomic E-state index is -0.0695. The van der Waals surface area contributed by atoms with Gasteiger partial charge in [-0.25, -0.2) is 0 Å². The van der Waals surface area contributed by atoms with Gasteiger partial charge in [-0.3, -0.25) is 4.79 Å². The Morgan fingerprint density at radius 3 is 2.61 bits per heavy atom. The van der Waals surface area contributed by atoms with Crippen molar-refractivity contribution in [2.24, 2.45) is 0 Å². The van der Waals surface area contributed by atoms with Gasteiger partial charge in [0.1, 0.15) is 3.92 Å². The van der Waals surface area contributed by atoms with E-state index in [1.807, 2.05) is 18.2 Å². The lowest BCUT2D eigenvalue weighted by Crippen LogP contribution is -2.18. The molecule has 1 rings (SSSR count). The number of carbonyl (C=O) groups is 1. The van der Waals surface area contributed by atoms with Gasteiger partial charge in [0, 0.05) is 6.42 Å². The first-order valence-corrected chi connectivity index (χ1v) is 8.91. The molecule has 0 aromatic heterocycles. The first-order valence-electron chi connectivity index (χ1n) is 6.14. The molecule has 1 atom stereocenters. The van der Waals surface area contributed by atoms with E-state index in [1.165, 1.54) is 12.0 Å². The molecule has 0 saturated carbocycles. The lowest BCUT2D eigenvalue weighted by atomic mass is 10.2. The van der Waals surface area contributed by atoms with Crippen molar-refractivity contribution in [3.63, 3.8) is 0 Å². The van der Waals surface area contributed by atoms with Gasteiger partial charge in [0.25, 0.3) is 0 Å². The van der Waals surface area contributed by atoms with Crippen LogP contribution in [0, 0.1) is 0 Å². The molecule has 0 heterocycles. The molecule has 0 aliphatic carbocycles. The maximum Gasteiger partial charge on any atom is 0.318 e. The van der Waals surface area contributed by atoms with Crippen molar-refractivity contribution < 1.29 is 9.53 Å². The third kappa shape index (κ3) is 6.92. The van der Waals surface area contributed by atoms with Gasteiger partial charge in [0.2, 0.25) is 0 Å². The summed E-state index contributed by atoms with van der Waals surface area (Å²) in [6, 6.07) is 10.1. The van der Waals surface area contributed by atoms with Crippen molar-refractivity contribution >= 4 is 51.2 Å². The number of halogens is 2. The fourth-order valence-electron chi connectivity index (χ4n) is 1.54. The van der Waals surface area contributed by atoms with Crippen LogP contribution in [0.2, 0.25) is 0 Å². The van der Waals surface area contributed by atoms with Crippen LogP contribution in [0.4, 0.5) is 0 Å². The zero-order valence-corrected chi connectivity index (χ0v) is 14.6. The molecule has 0 aliphatic heterocycles. The van der Waals surface area contributed by atoms with E-state index >= 15 is 0 Å². The van der Waals surface area contributed by atoms with Crippen LogP contribution in [-0.4, -0.2) is 20.9 Å². The van der Waals surface area contributed by atoms with Crippen LogP contribution in [-0.2, 0) is 16.0 Å². The van der Waals surface area contributed by atoms with Gasteiger partial charge in [-0.1, -0.05) is 81.9 Å². The quantitative estimate of drug-likeness (QED) is 0.246. The number of ether oxygens (including phenoxy) is 1. The molecular weight excluding hydrogens is 454 g/mol. The number of carbonyl (C=O) groups excluding carboxylic acids is 1. The molecule has 0 bridgehead atoms. The first kappa shape index (κ1) is 16.2. The molecule has 0 N–H and O–H groups in total. The van der Waals surface area contributed by atoms with E-state index in [-0.39, 0.29) is 9.89 Å². The van der Waals surface area contributed by atoms with Gasteiger partial charge >= 0.3 is 5.97 Å². The van der Waals surface area contributed by atoms with Crippen LogP contribution in [0.15, 0.2) is 30.3 Å². The molecule has 0 fully saturated rings. The number of hydrogen-bond acceptors (Lipinski definition) is 2. The molecule has 0 radical (unpaired) electrons. The van der Waals surface area contributed by atoms with E-state index in [9.17, 15) is 4.79 Å². The summed E-state index contributed by atoms with van der Waals surface area (Å²) in [5.74, 6) is -0.0695. The van der Waals surface area contributed by atoms with Crippen molar-refractivity contribution in [3.8, 4) is 0 Å². The van der Waals surface area contributed by atoms with Crippen LogP contribution < -0.4 is 0 Å². The summed E-state index contributed by atoms with van der Waals surface area (Å²) in [7, 11) is 0. The smallest absolute Gasteiger partial charge is 0.318 e. The SMILES string of the molecule is O=C(OCCc1ccccc1)C(I)CCCCI. The van der Waals surface area contributed by atoms with E-state index in [4.69, 9.17) is 4.74 Å². The van der Waals surface area contributed by atoms with Crippen LogP contribution >= 0.6 is 45.2 Å². The lowest BCUT2D eigenvalue weighted by molar-refractivity contribution is -0.142.